The van der Waals surface area contributed by atoms with Gasteiger partial charge >= 0.3 is 0 Å². The molecule has 2 aromatic rings. The van der Waals surface area contributed by atoms with Crippen LogP contribution >= 0.6 is 11.6 Å². The van der Waals surface area contributed by atoms with Crippen LogP contribution in [0.2, 0.25) is 5.02 Å². The lowest BCUT2D eigenvalue weighted by molar-refractivity contribution is 0.349. The van der Waals surface area contributed by atoms with E-state index >= 15 is 0 Å². The van der Waals surface area contributed by atoms with Crippen LogP contribution in [0.15, 0.2) is 41.8 Å². The number of nitrogens with one attached hydrogen (secondary N) is 2. The number of nitrogens with zero attached hydrogens (tertiary/aromatic N) is 4. The normalized spacial score (nSPS) is 14.6. The van der Waals surface area contributed by atoms with Gasteiger partial charge in [-0.2, -0.15) is 5.10 Å². The van der Waals surface area contributed by atoms with Gasteiger partial charge in [-0.15, -0.1) is 10.6 Å². The van der Waals surface area contributed by atoms with Gasteiger partial charge in [0.25, 0.3) is 0 Å². The Bertz CT molecular complexity index is 605. The first-order valence-corrected chi connectivity index (χ1v) is 5.75. The predicted molar refractivity (Wildman–Crippen MR) is 69.1 cm³/mol. The lowest BCUT2D eigenvalue weighted by Crippen LogP contribution is -2.37. The fraction of sp³-hybridized carbons (Fsp3) is 0.0909. The second-order valence-corrected chi connectivity index (χ2v) is 4.31. The molecule has 18 heavy (non-hydrogen) atoms. The Morgan fingerprint density at radius 1 is 1.33 bits per heavy atom. The first-order valence-electron chi connectivity index (χ1n) is 5.37. The molecule has 6 nitrogen and oxygen atoms in total. The van der Waals surface area contributed by atoms with Crippen molar-refractivity contribution in [3.63, 3.8) is 0 Å². The van der Waals surface area contributed by atoms with Gasteiger partial charge in [-0.05, 0) is 18.2 Å². The summed E-state index contributed by atoms with van der Waals surface area (Å²) < 4.78 is 1.76. The van der Waals surface area contributed by atoms with Gasteiger partial charge < -0.3 is 0 Å². The molecule has 0 bridgehead atoms. The van der Waals surface area contributed by atoms with Crippen molar-refractivity contribution in [2.24, 2.45) is 5.10 Å². The van der Waals surface area contributed by atoms with E-state index in [9.17, 15) is 0 Å². The number of hydrazine groups is 2. The fourth-order valence-corrected chi connectivity index (χ4v) is 1.92. The Labute approximate surface area is 109 Å². The van der Waals surface area contributed by atoms with Crippen molar-refractivity contribution in [1.82, 2.24) is 25.9 Å². The third kappa shape index (κ3) is 1.92. The monoisotopic (exact) mass is 262 g/mol. The fourth-order valence-electron chi connectivity index (χ4n) is 1.74. The predicted octanol–water partition coefficient (Wildman–Crippen LogP) is 1.14. The van der Waals surface area contributed by atoms with Crippen LogP contribution in [0, 0.1) is 0 Å². The van der Waals surface area contributed by atoms with Crippen molar-refractivity contribution in [2.45, 2.75) is 0 Å². The number of halogens is 1. The van der Waals surface area contributed by atoms with E-state index in [1.165, 1.54) is 0 Å². The SMILES string of the molecule is CN1NNN=C1c1cnn(-c2cccc(Cl)c2)c1. The van der Waals surface area contributed by atoms with E-state index in [4.69, 9.17) is 11.6 Å². The van der Waals surface area contributed by atoms with Gasteiger partial charge in [-0.25, -0.2) is 10.2 Å². The molecular formula is C11H11ClN6. The molecule has 0 radical (unpaired) electrons. The van der Waals surface area contributed by atoms with Gasteiger partial charge in [-0.3, -0.25) is 5.01 Å². The number of hydrogen-bond acceptors (Lipinski definition) is 5. The number of aromatic nitrogens is 2. The average molecular weight is 263 g/mol. The molecule has 0 unspecified atom stereocenters. The number of hydrazone groups is 1. The zero-order valence-corrected chi connectivity index (χ0v) is 10.4. The van der Waals surface area contributed by atoms with Crippen molar-refractivity contribution in [2.75, 3.05) is 7.05 Å². The van der Waals surface area contributed by atoms with Gasteiger partial charge in [0.1, 0.15) is 0 Å². The summed E-state index contributed by atoms with van der Waals surface area (Å²) in [5.74, 6) is 0.781. The Morgan fingerprint density at radius 2 is 2.22 bits per heavy atom. The highest BCUT2D eigenvalue weighted by Crippen LogP contribution is 2.15. The maximum Gasteiger partial charge on any atom is 0.175 e. The number of amidine groups is 1. The van der Waals surface area contributed by atoms with Gasteiger partial charge in [0, 0.05) is 18.3 Å². The van der Waals surface area contributed by atoms with Crippen LogP contribution in [0.5, 0.6) is 0 Å². The Hall–Kier alpha value is -2.05. The standard InChI is InChI=1S/C11H11ClN6/c1-17-11(14-15-16-17)8-6-13-18(7-8)10-4-2-3-9(12)5-10/h2-7,15-16H,1H3. The molecule has 0 aliphatic carbocycles. The van der Waals surface area contributed by atoms with Crippen LogP contribution in [0.25, 0.3) is 5.69 Å². The zero-order valence-electron chi connectivity index (χ0n) is 9.63. The van der Waals surface area contributed by atoms with Crippen molar-refractivity contribution in [1.29, 1.82) is 0 Å². The highest BCUT2D eigenvalue weighted by atomic mass is 35.5. The maximum absolute atomic E-state index is 5.96. The minimum absolute atomic E-state index is 0.684. The summed E-state index contributed by atoms with van der Waals surface area (Å²) in [6, 6.07) is 7.52. The van der Waals surface area contributed by atoms with Crippen molar-refractivity contribution < 1.29 is 0 Å². The summed E-state index contributed by atoms with van der Waals surface area (Å²) in [6.07, 6.45) is 3.65. The van der Waals surface area contributed by atoms with Crippen LogP contribution in [-0.4, -0.2) is 27.7 Å². The summed E-state index contributed by atoms with van der Waals surface area (Å²) in [5.41, 5.74) is 7.36. The van der Waals surface area contributed by atoms with Crippen LogP contribution in [0.4, 0.5) is 0 Å². The number of benzene rings is 1. The molecule has 0 fully saturated rings. The highest BCUT2D eigenvalue weighted by Gasteiger charge is 2.16. The van der Waals surface area contributed by atoms with Crippen molar-refractivity contribution in [3.05, 3.63) is 47.2 Å². The largest absolute Gasteiger partial charge is 0.274 e. The summed E-state index contributed by atoms with van der Waals surface area (Å²) in [7, 11) is 1.87. The molecule has 7 heteroatoms. The molecule has 2 N–H and O–H groups in total. The van der Waals surface area contributed by atoms with Crippen LogP contribution < -0.4 is 11.1 Å². The maximum atomic E-state index is 5.96. The molecule has 0 spiro atoms. The average Bonchev–Trinajstić information content (AvgIpc) is 2.97. The highest BCUT2D eigenvalue weighted by molar-refractivity contribution is 6.30. The number of hydrogen-bond donors (Lipinski definition) is 2. The van der Waals surface area contributed by atoms with E-state index in [0.29, 0.717) is 5.02 Å². The summed E-state index contributed by atoms with van der Waals surface area (Å²) in [6.45, 7) is 0. The second-order valence-electron chi connectivity index (χ2n) is 3.87. The minimum Gasteiger partial charge on any atom is -0.274 e. The molecular weight excluding hydrogens is 252 g/mol. The van der Waals surface area contributed by atoms with Crippen LogP contribution in [-0.2, 0) is 0 Å². The van der Waals surface area contributed by atoms with Gasteiger partial charge in [0.15, 0.2) is 5.84 Å². The molecule has 0 saturated carbocycles. The molecule has 1 aromatic heterocycles. The first kappa shape index (κ1) is 11.1. The molecule has 0 amide bonds. The molecule has 1 aliphatic rings. The van der Waals surface area contributed by atoms with Crippen molar-refractivity contribution in [3.8, 4) is 5.69 Å². The Balaban J connectivity index is 1.94. The molecule has 1 aliphatic heterocycles. The van der Waals surface area contributed by atoms with E-state index in [2.05, 4.69) is 21.3 Å². The lowest BCUT2D eigenvalue weighted by atomic mass is 10.3. The van der Waals surface area contributed by atoms with Gasteiger partial charge in [0.05, 0.1) is 17.4 Å². The Morgan fingerprint density at radius 3 is 2.94 bits per heavy atom. The number of rotatable bonds is 2. The van der Waals surface area contributed by atoms with E-state index in [0.717, 1.165) is 17.1 Å². The van der Waals surface area contributed by atoms with E-state index in [1.54, 1.807) is 15.9 Å². The summed E-state index contributed by atoms with van der Waals surface area (Å²) in [5, 5.41) is 10.9. The van der Waals surface area contributed by atoms with Gasteiger partial charge in [0.2, 0.25) is 0 Å². The third-order valence-electron chi connectivity index (χ3n) is 2.61. The molecule has 0 saturated heterocycles. The Kier molecular flexibility index (Phi) is 2.66. The third-order valence-corrected chi connectivity index (χ3v) is 2.85. The van der Waals surface area contributed by atoms with Crippen molar-refractivity contribution >= 4 is 17.4 Å². The molecule has 3 rings (SSSR count). The summed E-state index contributed by atoms with van der Waals surface area (Å²) >= 11 is 5.96. The topological polar surface area (TPSA) is 57.5 Å². The first-order chi connectivity index (χ1) is 8.74. The molecule has 1 aromatic carbocycles. The lowest BCUT2D eigenvalue weighted by Gasteiger charge is -2.09. The quantitative estimate of drug-likeness (QED) is 0.852. The van der Waals surface area contributed by atoms with Crippen LogP contribution in [0.1, 0.15) is 5.56 Å². The van der Waals surface area contributed by atoms with E-state index in [1.807, 2.05) is 37.5 Å². The zero-order chi connectivity index (χ0) is 12.5. The van der Waals surface area contributed by atoms with Crippen LogP contribution in [0.3, 0.4) is 0 Å². The van der Waals surface area contributed by atoms with E-state index in [-0.39, 0.29) is 0 Å². The molecule has 2 heterocycles. The molecule has 0 atom stereocenters. The molecule has 92 valence electrons. The summed E-state index contributed by atoms with van der Waals surface area (Å²) in [4.78, 5) is 0. The second kappa shape index (κ2) is 4.32. The smallest absolute Gasteiger partial charge is 0.175 e. The van der Waals surface area contributed by atoms with E-state index < -0.39 is 0 Å². The minimum atomic E-state index is 0.684. The van der Waals surface area contributed by atoms with Gasteiger partial charge in [-0.1, -0.05) is 17.7 Å².